The Labute approximate surface area is 159 Å². The minimum absolute atomic E-state index is 0.0586. The quantitative estimate of drug-likeness (QED) is 0.741. The summed E-state index contributed by atoms with van der Waals surface area (Å²) in [5, 5.41) is 0.753. The van der Waals surface area contributed by atoms with Gasteiger partial charge in [0.1, 0.15) is 0 Å². The van der Waals surface area contributed by atoms with Gasteiger partial charge in [-0.2, -0.15) is 0 Å². The molecule has 0 N–H and O–H groups in total. The number of hydrogen-bond acceptors (Lipinski definition) is 2. The molecule has 2 atom stereocenters. The molecule has 1 aromatic carbocycles. The van der Waals surface area contributed by atoms with Crippen LogP contribution in [0.2, 0.25) is 5.02 Å². The molecule has 0 saturated carbocycles. The van der Waals surface area contributed by atoms with E-state index in [1.54, 1.807) is 0 Å². The van der Waals surface area contributed by atoms with E-state index in [4.69, 9.17) is 11.6 Å². The Morgan fingerprint density at radius 2 is 2.08 bits per heavy atom. The van der Waals surface area contributed by atoms with E-state index in [0.717, 1.165) is 42.8 Å². The predicted molar refractivity (Wildman–Crippen MR) is 102 cm³/mol. The largest absolute Gasteiger partial charge is 0.337 e. The SMILES string of the molecule is O=C1C[C@H]2[C@H](CCN2C(=O)CC2=CCCC2)N1CCc1ccccc1Cl. The molecule has 2 heterocycles. The fourth-order valence-corrected chi connectivity index (χ4v) is 4.89. The van der Waals surface area contributed by atoms with Gasteiger partial charge < -0.3 is 9.80 Å². The van der Waals surface area contributed by atoms with Gasteiger partial charge in [-0.25, -0.2) is 0 Å². The minimum Gasteiger partial charge on any atom is -0.337 e. The van der Waals surface area contributed by atoms with Crippen LogP contribution >= 0.6 is 11.6 Å². The molecule has 5 heteroatoms. The van der Waals surface area contributed by atoms with Gasteiger partial charge in [0.05, 0.1) is 12.1 Å². The highest BCUT2D eigenvalue weighted by atomic mass is 35.5. The third-order valence-corrected chi connectivity index (χ3v) is 6.40. The maximum atomic E-state index is 12.7. The Morgan fingerprint density at radius 3 is 2.85 bits per heavy atom. The van der Waals surface area contributed by atoms with Gasteiger partial charge in [0, 0.05) is 31.0 Å². The van der Waals surface area contributed by atoms with E-state index in [0.29, 0.717) is 19.4 Å². The van der Waals surface area contributed by atoms with Gasteiger partial charge in [-0.3, -0.25) is 9.59 Å². The van der Waals surface area contributed by atoms with Crippen molar-refractivity contribution in [2.75, 3.05) is 13.1 Å². The zero-order valence-electron chi connectivity index (χ0n) is 15.0. The molecule has 1 aromatic rings. The third-order valence-electron chi connectivity index (χ3n) is 6.03. The van der Waals surface area contributed by atoms with E-state index in [9.17, 15) is 9.59 Å². The first-order chi connectivity index (χ1) is 12.6. The summed E-state index contributed by atoms with van der Waals surface area (Å²) in [6, 6.07) is 8.03. The van der Waals surface area contributed by atoms with Gasteiger partial charge in [0.2, 0.25) is 11.8 Å². The average molecular weight is 373 g/mol. The van der Waals surface area contributed by atoms with Gasteiger partial charge in [-0.15, -0.1) is 0 Å². The zero-order chi connectivity index (χ0) is 18.1. The molecule has 138 valence electrons. The van der Waals surface area contributed by atoms with Crippen molar-refractivity contribution in [1.82, 2.24) is 9.80 Å². The summed E-state index contributed by atoms with van der Waals surface area (Å²) in [6.07, 6.45) is 8.19. The summed E-state index contributed by atoms with van der Waals surface area (Å²) in [7, 11) is 0. The van der Waals surface area contributed by atoms with Gasteiger partial charge in [-0.1, -0.05) is 41.4 Å². The number of amides is 2. The second-order valence-electron chi connectivity index (χ2n) is 7.57. The van der Waals surface area contributed by atoms with E-state index in [-0.39, 0.29) is 23.9 Å². The predicted octanol–water partition coefficient (Wildman–Crippen LogP) is 3.58. The van der Waals surface area contributed by atoms with Crippen molar-refractivity contribution >= 4 is 23.4 Å². The van der Waals surface area contributed by atoms with Crippen LogP contribution in [-0.2, 0) is 16.0 Å². The average Bonchev–Trinajstić information content (AvgIpc) is 3.32. The molecule has 2 fully saturated rings. The summed E-state index contributed by atoms with van der Waals surface area (Å²) in [5.74, 6) is 0.371. The molecule has 2 saturated heterocycles. The lowest BCUT2D eigenvalue weighted by atomic mass is 10.1. The lowest BCUT2D eigenvalue weighted by molar-refractivity contribution is -0.131. The first kappa shape index (κ1) is 17.6. The molecular weight excluding hydrogens is 348 g/mol. The number of likely N-dealkylation sites (tertiary alicyclic amines) is 2. The van der Waals surface area contributed by atoms with Crippen LogP contribution in [0.25, 0.3) is 0 Å². The molecule has 0 aromatic heterocycles. The van der Waals surface area contributed by atoms with E-state index in [1.807, 2.05) is 34.1 Å². The number of allylic oxidation sites excluding steroid dienone is 1. The molecule has 0 spiro atoms. The van der Waals surface area contributed by atoms with Crippen LogP contribution < -0.4 is 0 Å². The molecule has 2 aliphatic heterocycles. The van der Waals surface area contributed by atoms with E-state index in [1.165, 1.54) is 12.0 Å². The van der Waals surface area contributed by atoms with Crippen LogP contribution in [0.5, 0.6) is 0 Å². The lowest BCUT2D eigenvalue weighted by Crippen LogP contribution is -2.40. The molecule has 3 aliphatic rings. The number of benzene rings is 1. The number of carbonyl (C=O) groups excluding carboxylic acids is 2. The molecule has 0 bridgehead atoms. The number of fused-ring (bicyclic) bond motifs is 1. The van der Waals surface area contributed by atoms with E-state index >= 15 is 0 Å². The first-order valence-corrected chi connectivity index (χ1v) is 10.0. The second-order valence-corrected chi connectivity index (χ2v) is 7.98. The number of halogens is 1. The molecule has 2 amide bonds. The summed E-state index contributed by atoms with van der Waals surface area (Å²) in [4.78, 5) is 29.2. The van der Waals surface area contributed by atoms with Gasteiger partial charge in [0.15, 0.2) is 0 Å². The topological polar surface area (TPSA) is 40.6 Å². The summed E-state index contributed by atoms with van der Waals surface area (Å²) >= 11 is 6.24. The van der Waals surface area contributed by atoms with Crippen molar-refractivity contribution in [2.24, 2.45) is 0 Å². The van der Waals surface area contributed by atoms with Crippen LogP contribution in [0.1, 0.15) is 44.1 Å². The lowest BCUT2D eigenvalue weighted by Gasteiger charge is -2.26. The fourth-order valence-electron chi connectivity index (χ4n) is 4.66. The van der Waals surface area contributed by atoms with Crippen molar-refractivity contribution < 1.29 is 9.59 Å². The number of rotatable bonds is 5. The van der Waals surface area contributed by atoms with Crippen LogP contribution in [0.15, 0.2) is 35.9 Å². The molecule has 4 rings (SSSR count). The van der Waals surface area contributed by atoms with Crippen LogP contribution in [-0.4, -0.2) is 46.8 Å². The summed E-state index contributed by atoms with van der Waals surface area (Å²) in [5.41, 5.74) is 2.35. The monoisotopic (exact) mass is 372 g/mol. The van der Waals surface area contributed by atoms with Gasteiger partial charge >= 0.3 is 0 Å². The molecule has 0 unspecified atom stereocenters. The zero-order valence-corrected chi connectivity index (χ0v) is 15.8. The third kappa shape index (κ3) is 3.39. The van der Waals surface area contributed by atoms with Crippen LogP contribution in [0, 0.1) is 0 Å². The maximum Gasteiger partial charge on any atom is 0.226 e. The Hall–Kier alpha value is -1.81. The van der Waals surface area contributed by atoms with Crippen molar-refractivity contribution in [3.05, 3.63) is 46.5 Å². The normalized spacial score (nSPS) is 25.0. The molecule has 26 heavy (non-hydrogen) atoms. The number of hydrogen-bond donors (Lipinski definition) is 0. The Balaban J connectivity index is 1.39. The van der Waals surface area contributed by atoms with Crippen molar-refractivity contribution in [1.29, 1.82) is 0 Å². The summed E-state index contributed by atoms with van der Waals surface area (Å²) < 4.78 is 0. The fraction of sp³-hybridized carbons (Fsp3) is 0.524. The Morgan fingerprint density at radius 1 is 1.23 bits per heavy atom. The van der Waals surface area contributed by atoms with Crippen molar-refractivity contribution in [2.45, 2.75) is 57.0 Å². The van der Waals surface area contributed by atoms with Crippen LogP contribution in [0.4, 0.5) is 0 Å². The highest BCUT2D eigenvalue weighted by Crippen LogP contribution is 2.34. The smallest absolute Gasteiger partial charge is 0.226 e. The van der Waals surface area contributed by atoms with E-state index < -0.39 is 0 Å². The highest BCUT2D eigenvalue weighted by molar-refractivity contribution is 6.31. The first-order valence-electron chi connectivity index (χ1n) is 9.64. The van der Waals surface area contributed by atoms with Crippen molar-refractivity contribution in [3.63, 3.8) is 0 Å². The Kier molecular flexibility index (Phi) is 5.03. The second kappa shape index (κ2) is 7.43. The maximum absolute atomic E-state index is 12.7. The highest BCUT2D eigenvalue weighted by Gasteiger charge is 2.47. The van der Waals surface area contributed by atoms with Crippen LogP contribution in [0.3, 0.4) is 0 Å². The van der Waals surface area contributed by atoms with Gasteiger partial charge in [-0.05, 0) is 43.7 Å². The standard InChI is InChI=1S/C21H25ClN2O2/c22-17-8-4-3-7-16(17)9-11-23-18-10-12-24(19(18)14-21(23)26)20(25)13-15-5-1-2-6-15/h3-5,7-8,18-19H,1-2,6,9-14H2/t18-,19-/m0/s1. The van der Waals surface area contributed by atoms with Gasteiger partial charge in [0.25, 0.3) is 0 Å². The molecule has 1 aliphatic carbocycles. The molecule has 4 nitrogen and oxygen atoms in total. The molecular formula is C21H25ClN2O2. The van der Waals surface area contributed by atoms with E-state index in [2.05, 4.69) is 6.08 Å². The number of nitrogens with zero attached hydrogens (tertiary/aromatic N) is 2. The Bertz CT molecular complexity index is 745. The number of carbonyl (C=O) groups is 2. The van der Waals surface area contributed by atoms with Crippen molar-refractivity contribution in [3.8, 4) is 0 Å². The summed E-state index contributed by atoms with van der Waals surface area (Å²) in [6.45, 7) is 1.45. The molecule has 0 radical (unpaired) electrons. The minimum atomic E-state index is 0.0586.